The molecule has 3 rings (SSSR count). The largest absolute Gasteiger partial charge is 0.311 e. The molecular formula is C17H21ClN2S. The van der Waals surface area contributed by atoms with E-state index in [0.717, 1.165) is 29.0 Å². The molecule has 112 valence electrons. The van der Waals surface area contributed by atoms with Gasteiger partial charge in [-0.2, -0.15) is 11.8 Å². The monoisotopic (exact) mass is 320 g/mol. The fourth-order valence-electron chi connectivity index (χ4n) is 3.24. The molecule has 1 N–H and O–H groups in total. The van der Waals surface area contributed by atoms with Crippen molar-refractivity contribution in [2.45, 2.75) is 37.0 Å². The van der Waals surface area contributed by atoms with Crippen LogP contribution in [0.4, 0.5) is 0 Å². The summed E-state index contributed by atoms with van der Waals surface area (Å²) in [6.45, 7) is 1.93. The summed E-state index contributed by atoms with van der Waals surface area (Å²) in [6, 6.07) is 8.04. The summed E-state index contributed by atoms with van der Waals surface area (Å²) in [4.78, 5) is 4.50. The van der Waals surface area contributed by atoms with Gasteiger partial charge in [-0.05, 0) is 42.9 Å². The molecule has 1 aromatic heterocycles. The van der Waals surface area contributed by atoms with Crippen LogP contribution in [0, 0.1) is 0 Å². The quantitative estimate of drug-likeness (QED) is 0.867. The van der Waals surface area contributed by atoms with Crippen LogP contribution < -0.4 is 5.32 Å². The fraction of sp³-hybridized carbons (Fsp3) is 0.471. The van der Waals surface area contributed by atoms with Crippen molar-refractivity contribution < 1.29 is 0 Å². The second-order valence-corrected chi connectivity index (χ2v) is 7.49. The van der Waals surface area contributed by atoms with Crippen LogP contribution in [-0.2, 0) is 6.54 Å². The molecule has 1 heterocycles. The zero-order chi connectivity index (χ0) is 14.7. The van der Waals surface area contributed by atoms with Crippen molar-refractivity contribution >= 4 is 34.3 Å². The molecule has 1 fully saturated rings. The number of thioether (sulfide) groups is 1. The first-order chi connectivity index (χ1) is 10.2. The highest BCUT2D eigenvalue weighted by atomic mass is 35.5. The first-order valence-corrected chi connectivity index (χ1v) is 9.12. The van der Waals surface area contributed by atoms with E-state index in [9.17, 15) is 0 Å². The van der Waals surface area contributed by atoms with E-state index in [1.165, 1.54) is 31.2 Å². The maximum atomic E-state index is 6.25. The standard InChI is InChI=1S/C17H21ClN2S/c1-21-17(8-2-3-9-17)12-19-11-13-6-7-15(18)14-5-4-10-20-16(13)14/h4-7,10,19H,2-3,8-9,11-12H2,1H3. The van der Waals surface area contributed by atoms with Crippen LogP contribution in [-0.4, -0.2) is 22.5 Å². The van der Waals surface area contributed by atoms with Crippen molar-refractivity contribution in [3.8, 4) is 0 Å². The lowest BCUT2D eigenvalue weighted by atomic mass is 10.1. The average molecular weight is 321 g/mol. The average Bonchev–Trinajstić information content (AvgIpc) is 2.99. The van der Waals surface area contributed by atoms with E-state index < -0.39 is 0 Å². The maximum Gasteiger partial charge on any atom is 0.0761 e. The van der Waals surface area contributed by atoms with E-state index in [0.29, 0.717) is 4.75 Å². The zero-order valence-corrected chi connectivity index (χ0v) is 13.9. The molecule has 0 atom stereocenters. The molecule has 1 aliphatic rings. The highest BCUT2D eigenvalue weighted by molar-refractivity contribution is 8.00. The lowest BCUT2D eigenvalue weighted by molar-refractivity contribution is 0.534. The van der Waals surface area contributed by atoms with E-state index in [1.54, 1.807) is 0 Å². The number of halogens is 1. The number of nitrogens with zero attached hydrogens (tertiary/aromatic N) is 1. The normalized spacial score (nSPS) is 17.4. The third kappa shape index (κ3) is 3.20. The molecule has 1 aromatic carbocycles. The minimum atomic E-state index is 0.440. The Morgan fingerprint density at radius 1 is 1.29 bits per heavy atom. The highest BCUT2D eigenvalue weighted by Crippen LogP contribution is 2.39. The van der Waals surface area contributed by atoms with Gasteiger partial charge in [-0.3, -0.25) is 4.98 Å². The molecule has 4 heteroatoms. The topological polar surface area (TPSA) is 24.9 Å². The Bertz CT molecular complexity index is 623. The number of fused-ring (bicyclic) bond motifs is 1. The van der Waals surface area contributed by atoms with Crippen molar-refractivity contribution in [1.29, 1.82) is 0 Å². The van der Waals surface area contributed by atoms with Crippen LogP contribution >= 0.6 is 23.4 Å². The fourth-order valence-corrected chi connectivity index (χ4v) is 4.40. The van der Waals surface area contributed by atoms with Gasteiger partial charge in [0.05, 0.1) is 5.52 Å². The Morgan fingerprint density at radius 3 is 2.86 bits per heavy atom. The smallest absolute Gasteiger partial charge is 0.0761 e. The molecule has 2 nitrogen and oxygen atoms in total. The Morgan fingerprint density at radius 2 is 2.10 bits per heavy atom. The number of hydrogen-bond acceptors (Lipinski definition) is 3. The number of hydrogen-bond donors (Lipinski definition) is 1. The molecule has 0 unspecified atom stereocenters. The van der Waals surface area contributed by atoms with Crippen molar-refractivity contribution in [3.63, 3.8) is 0 Å². The number of nitrogens with one attached hydrogen (secondary N) is 1. The van der Waals surface area contributed by atoms with E-state index in [4.69, 9.17) is 11.6 Å². The second kappa shape index (κ2) is 6.55. The van der Waals surface area contributed by atoms with Gasteiger partial charge in [0.15, 0.2) is 0 Å². The molecule has 0 aliphatic heterocycles. The molecule has 1 aliphatic carbocycles. The summed E-state index contributed by atoms with van der Waals surface area (Å²) >= 11 is 8.27. The lowest BCUT2D eigenvalue weighted by Crippen LogP contribution is -2.34. The van der Waals surface area contributed by atoms with Gasteiger partial charge in [-0.25, -0.2) is 0 Å². The second-order valence-electron chi connectivity index (χ2n) is 5.80. The van der Waals surface area contributed by atoms with E-state index >= 15 is 0 Å². The summed E-state index contributed by atoms with van der Waals surface area (Å²) in [5.41, 5.74) is 2.24. The number of aromatic nitrogens is 1. The van der Waals surface area contributed by atoms with E-state index in [2.05, 4.69) is 22.6 Å². The van der Waals surface area contributed by atoms with Crippen LogP contribution in [0.5, 0.6) is 0 Å². The first kappa shape index (κ1) is 15.1. The predicted octanol–water partition coefficient (Wildman–Crippen LogP) is 4.65. The molecule has 21 heavy (non-hydrogen) atoms. The lowest BCUT2D eigenvalue weighted by Gasteiger charge is -2.27. The highest BCUT2D eigenvalue weighted by Gasteiger charge is 2.32. The summed E-state index contributed by atoms with van der Waals surface area (Å²) in [5.74, 6) is 0. The molecule has 0 bridgehead atoms. The minimum absolute atomic E-state index is 0.440. The molecule has 1 saturated carbocycles. The summed E-state index contributed by atoms with van der Waals surface area (Å²) < 4.78 is 0.440. The van der Waals surface area contributed by atoms with Gasteiger partial charge >= 0.3 is 0 Å². The summed E-state index contributed by atoms with van der Waals surface area (Å²) in [7, 11) is 0. The van der Waals surface area contributed by atoms with Crippen LogP contribution in [0.25, 0.3) is 10.9 Å². The molecule has 2 aromatic rings. The Balaban J connectivity index is 1.72. The van der Waals surface area contributed by atoms with Crippen molar-refractivity contribution in [1.82, 2.24) is 10.3 Å². The van der Waals surface area contributed by atoms with Crippen molar-refractivity contribution in [3.05, 3.63) is 41.0 Å². The van der Waals surface area contributed by atoms with Crippen LogP contribution in [0.15, 0.2) is 30.5 Å². The van der Waals surface area contributed by atoms with Gasteiger partial charge in [0, 0.05) is 34.4 Å². The molecular weight excluding hydrogens is 300 g/mol. The zero-order valence-electron chi connectivity index (χ0n) is 12.4. The van der Waals surface area contributed by atoms with Crippen molar-refractivity contribution in [2.75, 3.05) is 12.8 Å². The maximum absolute atomic E-state index is 6.25. The minimum Gasteiger partial charge on any atom is -0.311 e. The number of pyridine rings is 1. The Labute approximate surface area is 135 Å². The summed E-state index contributed by atoms with van der Waals surface area (Å²) in [5, 5.41) is 5.46. The van der Waals surface area contributed by atoms with Gasteiger partial charge in [-0.15, -0.1) is 0 Å². The van der Waals surface area contributed by atoms with Gasteiger partial charge < -0.3 is 5.32 Å². The third-order valence-corrected chi connectivity index (χ3v) is 6.26. The molecule has 0 radical (unpaired) electrons. The van der Waals surface area contributed by atoms with Gasteiger partial charge in [0.1, 0.15) is 0 Å². The number of benzene rings is 1. The van der Waals surface area contributed by atoms with Gasteiger partial charge in [0.2, 0.25) is 0 Å². The van der Waals surface area contributed by atoms with Gasteiger partial charge in [-0.1, -0.05) is 30.5 Å². The van der Waals surface area contributed by atoms with E-state index in [-0.39, 0.29) is 0 Å². The van der Waals surface area contributed by atoms with Crippen molar-refractivity contribution in [2.24, 2.45) is 0 Å². The third-order valence-electron chi connectivity index (χ3n) is 4.51. The summed E-state index contributed by atoms with van der Waals surface area (Å²) in [6.07, 6.45) is 9.48. The van der Waals surface area contributed by atoms with Crippen LogP contribution in [0.1, 0.15) is 31.2 Å². The Kier molecular flexibility index (Phi) is 4.72. The molecule has 0 spiro atoms. The molecule has 0 saturated heterocycles. The Hall–Kier alpha value is -0.770. The van der Waals surface area contributed by atoms with E-state index in [1.807, 2.05) is 36.2 Å². The molecule has 0 amide bonds. The predicted molar refractivity (Wildman–Crippen MR) is 93.2 cm³/mol. The van der Waals surface area contributed by atoms with Crippen LogP contribution in [0.2, 0.25) is 5.02 Å². The number of rotatable bonds is 5. The SMILES string of the molecule is CSC1(CNCc2ccc(Cl)c3cccnc23)CCCC1. The van der Waals surface area contributed by atoms with Crippen LogP contribution in [0.3, 0.4) is 0 Å². The first-order valence-electron chi connectivity index (χ1n) is 7.52. The van der Waals surface area contributed by atoms with Gasteiger partial charge in [0.25, 0.3) is 0 Å².